The van der Waals surface area contributed by atoms with Crippen LogP contribution in [0, 0.1) is 0 Å². The third-order valence-electron chi connectivity index (χ3n) is 10.6. The van der Waals surface area contributed by atoms with E-state index in [0.29, 0.717) is 48.9 Å². The molecule has 6 aromatic carbocycles. The molecule has 310 valence electrons. The van der Waals surface area contributed by atoms with Crippen molar-refractivity contribution < 1.29 is 19.1 Å². The van der Waals surface area contributed by atoms with Gasteiger partial charge in [0, 0.05) is 26.2 Å². The van der Waals surface area contributed by atoms with Gasteiger partial charge in [0.15, 0.2) is 0 Å². The summed E-state index contributed by atoms with van der Waals surface area (Å²) in [5.41, 5.74) is 8.47. The average Bonchev–Trinajstić information content (AvgIpc) is 3.29. The van der Waals surface area contributed by atoms with Gasteiger partial charge in [0.25, 0.3) is 0 Å². The summed E-state index contributed by atoms with van der Waals surface area (Å²) >= 11 is 0. The van der Waals surface area contributed by atoms with E-state index in [1.165, 1.54) is 11.1 Å². The number of hydrogen-bond acceptors (Lipinski definition) is 6. The van der Waals surface area contributed by atoms with Gasteiger partial charge in [0.1, 0.15) is 24.7 Å². The number of rotatable bonds is 27. The Labute approximate surface area is 356 Å². The van der Waals surface area contributed by atoms with Crippen molar-refractivity contribution in [1.82, 2.24) is 9.80 Å². The first kappa shape index (κ1) is 43.4. The number of unbranched alkanes of at least 4 members (excludes halogenated alkanes) is 3. The number of benzene rings is 6. The number of hydrogen-bond donors (Lipinski definition) is 2. The number of anilines is 2. The largest absolute Gasteiger partial charge is 0.487 e. The Morgan fingerprint density at radius 3 is 1.13 bits per heavy atom. The predicted octanol–water partition coefficient (Wildman–Crippen LogP) is 10.3. The molecule has 8 heteroatoms. The summed E-state index contributed by atoms with van der Waals surface area (Å²) in [6.45, 7) is 6.52. The van der Waals surface area contributed by atoms with E-state index in [1.807, 2.05) is 84.9 Å². The van der Waals surface area contributed by atoms with Gasteiger partial charge in [-0.05, 0) is 96.4 Å². The van der Waals surface area contributed by atoms with E-state index in [9.17, 15) is 9.59 Å². The van der Waals surface area contributed by atoms with Crippen LogP contribution in [0.5, 0.6) is 11.5 Å². The molecule has 0 spiro atoms. The second-order valence-electron chi connectivity index (χ2n) is 15.2. The second-order valence-corrected chi connectivity index (χ2v) is 15.2. The van der Waals surface area contributed by atoms with Crippen LogP contribution in [-0.4, -0.2) is 48.8 Å². The first-order valence-electron chi connectivity index (χ1n) is 21.2. The zero-order chi connectivity index (χ0) is 41.5. The molecular weight excluding hydrogens is 745 g/mol. The fraction of sp³-hybridized carbons (Fsp3) is 0.269. The lowest BCUT2D eigenvalue weighted by molar-refractivity contribution is -0.106. The molecule has 8 nitrogen and oxygen atoms in total. The van der Waals surface area contributed by atoms with Crippen molar-refractivity contribution >= 4 is 24.2 Å². The number of ether oxygens (including phenoxy) is 2. The first-order valence-corrected chi connectivity index (χ1v) is 21.2. The molecule has 60 heavy (non-hydrogen) atoms. The summed E-state index contributed by atoms with van der Waals surface area (Å²) < 4.78 is 12.2. The summed E-state index contributed by atoms with van der Waals surface area (Å²) in [5, 5.41) is 5.70. The SMILES string of the molecule is O=CNc1cc(CCN(CCCCCCN(CCc2ccc(OCc3ccccc3)c(NC=O)c2)Cc2ccccc2)Cc2ccccc2)ccc1OCc1ccccc1. The van der Waals surface area contributed by atoms with Crippen molar-refractivity contribution in [3.8, 4) is 11.5 Å². The standard InChI is InChI=1S/C52H58N4O4/c57-41-53-49-35-43(25-27-51(49)59-39-47-21-11-5-12-22-47)29-33-55(37-45-17-7-3-8-18-45)31-15-1-2-16-32-56(38-46-19-9-4-10-20-46)34-30-44-26-28-52(50(36-44)54-42-58)60-40-48-23-13-6-14-24-48/h3-14,17-28,35-36,41-42H,1-2,15-16,29-34,37-40H2,(H,53,57)(H,54,58). The maximum Gasteiger partial charge on any atom is 0.211 e. The number of nitrogens with zero attached hydrogens (tertiary/aromatic N) is 2. The zero-order valence-electron chi connectivity index (χ0n) is 34.6. The van der Waals surface area contributed by atoms with E-state index < -0.39 is 0 Å². The molecule has 0 aliphatic heterocycles. The topological polar surface area (TPSA) is 83.1 Å². The minimum absolute atomic E-state index is 0.437. The van der Waals surface area contributed by atoms with Gasteiger partial charge in [-0.1, -0.05) is 146 Å². The molecule has 0 saturated carbocycles. The molecule has 0 bridgehead atoms. The Hall–Kier alpha value is -6.22. The van der Waals surface area contributed by atoms with Crippen LogP contribution < -0.4 is 20.1 Å². The van der Waals surface area contributed by atoms with E-state index in [-0.39, 0.29) is 0 Å². The van der Waals surface area contributed by atoms with Gasteiger partial charge in [-0.2, -0.15) is 0 Å². The summed E-state index contributed by atoms with van der Waals surface area (Å²) in [4.78, 5) is 28.1. The Morgan fingerprint density at radius 2 is 0.767 bits per heavy atom. The number of carbonyl (C=O) groups is 2. The summed E-state index contributed by atoms with van der Waals surface area (Å²) in [6, 6.07) is 53.7. The smallest absolute Gasteiger partial charge is 0.211 e. The van der Waals surface area contributed by atoms with Gasteiger partial charge >= 0.3 is 0 Å². The Balaban J connectivity index is 0.999. The highest BCUT2D eigenvalue weighted by atomic mass is 16.5. The van der Waals surface area contributed by atoms with Crippen molar-refractivity contribution in [2.24, 2.45) is 0 Å². The van der Waals surface area contributed by atoms with E-state index >= 15 is 0 Å². The van der Waals surface area contributed by atoms with Gasteiger partial charge in [-0.3, -0.25) is 19.4 Å². The van der Waals surface area contributed by atoms with Gasteiger partial charge in [-0.15, -0.1) is 0 Å². The molecule has 0 unspecified atom stereocenters. The molecule has 0 atom stereocenters. The highest BCUT2D eigenvalue weighted by molar-refractivity contribution is 5.76. The Kier molecular flexibility index (Phi) is 17.8. The molecule has 6 aromatic rings. The van der Waals surface area contributed by atoms with Crippen LogP contribution in [0.3, 0.4) is 0 Å². The van der Waals surface area contributed by atoms with Gasteiger partial charge in [-0.25, -0.2) is 0 Å². The Morgan fingerprint density at radius 1 is 0.400 bits per heavy atom. The molecule has 0 saturated heterocycles. The van der Waals surface area contributed by atoms with Crippen molar-refractivity contribution in [3.05, 3.63) is 191 Å². The fourth-order valence-corrected chi connectivity index (χ4v) is 7.36. The minimum Gasteiger partial charge on any atom is -0.487 e. The molecule has 6 rings (SSSR count). The van der Waals surface area contributed by atoms with Crippen LogP contribution in [0.1, 0.15) is 59.1 Å². The van der Waals surface area contributed by atoms with Crippen LogP contribution in [0.4, 0.5) is 11.4 Å². The first-order chi connectivity index (χ1) is 29.6. The van der Waals surface area contributed by atoms with Gasteiger partial charge < -0.3 is 20.1 Å². The van der Waals surface area contributed by atoms with Gasteiger partial charge in [0.05, 0.1) is 11.4 Å². The number of nitrogens with one attached hydrogen (secondary N) is 2. The molecule has 2 amide bonds. The maximum atomic E-state index is 11.5. The average molecular weight is 803 g/mol. The fourth-order valence-electron chi connectivity index (χ4n) is 7.36. The lowest BCUT2D eigenvalue weighted by Gasteiger charge is -2.24. The summed E-state index contributed by atoms with van der Waals surface area (Å²) in [6.07, 6.45) is 7.73. The zero-order valence-corrected chi connectivity index (χ0v) is 34.6. The van der Waals surface area contributed by atoms with Crippen molar-refractivity contribution in [2.45, 2.75) is 64.8 Å². The van der Waals surface area contributed by atoms with E-state index in [2.05, 4.69) is 93.2 Å². The van der Waals surface area contributed by atoms with Crippen LogP contribution in [0.15, 0.2) is 158 Å². The van der Waals surface area contributed by atoms with E-state index in [1.54, 1.807) is 0 Å². The predicted molar refractivity (Wildman–Crippen MR) is 243 cm³/mol. The van der Waals surface area contributed by atoms with E-state index in [0.717, 1.165) is 100 Å². The molecule has 0 heterocycles. The molecule has 0 fully saturated rings. The third-order valence-corrected chi connectivity index (χ3v) is 10.6. The van der Waals surface area contributed by atoms with Crippen LogP contribution in [-0.2, 0) is 48.7 Å². The van der Waals surface area contributed by atoms with Crippen LogP contribution >= 0.6 is 0 Å². The van der Waals surface area contributed by atoms with Gasteiger partial charge in [0.2, 0.25) is 12.8 Å². The molecule has 0 radical (unpaired) electrons. The molecular formula is C52H58N4O4. The van der Waals surface area contributed by atoms with Crippen LogP contribution in [0.25, 0.3) is 0 Å². The third kappa shape index (κ3) is 14.9. The maximum absolute atomic E-state index is 11.5. The quantitative estimate of drug-likeness (QED) is 0.0399. The van der Waals surface area contributed by atoms with Crippen molar-refractivity contribution in [3.63, 3.8) is 0 Å². The lowest BCUT2D eigenvalue weighted by Crippen LogP contribution is -2.27. The second kappa shape index (κ2) is 24.6. The lowest BCUT2D eigenvalue weighted by atomic mass is 10.1. The number of carbonyl (C=O) groups excluding carboxylic acids is 2. The summed E-state index contributed by atoms with van der Waals surface area (Å²) in [5.74, 6) is 1.33. The van der Waals surface area contributed by atoms with Crippen LogP contribution in [0.2, 0.25) is 0 Å². The number of amides is 2. The van der Waals surface area contributed by atoms with Crippen molar-refractivity contribution in [1.29, 1.82) is 0 Å². The molecule has 0 aliphatic rings. The van der Waals surface area contributed by atoms with E-state index in [4.69, 9.17) is 9.47 Å². The molecule has 0 aromatic heterocycles. The summed E-state index contributed by atoms with van der Waals surface area (Å²) in [7, 11) is 0. The highest BCUT2D eigenvalue weighted by Gasteiger charge is 2.12. The Bertz CT molecular complexity index is 1980. The monoisotopic (exact) mass is 802 g/mol. The molecule has 0 aliphatic carbocycles. The van der Waals surface area contributed by atoms with Crippen molar-refractivity contribution in [2.75, 3.05) is 36.8 Å². The normalized spacial score (nSPS) is 11.0. The molecule has 2 N–H and O–H groups in total. The minimum atomic E-state index is 0.437. The highest BCUT2D eigenvalue weighted by Crippen LogP contribution is 2.28.